The SMILES string of the molecule is CC(C)N(CC(=O)O)C1CCS(=O)(=O)c2ccccc21. The lowest BCUT2D eigenvalue weighted by molar-refractivity contribution is -0.139. The van der Waals surface area contributed by atoms with Gasteiger partial charge < -0.3 is 5.11 Å². The van der Waals surface area contributed by atoms with E-state index in [0.717, 1.165) is 0 Å². The lowest BCUT2D eigenvalue weighted by atomic mass is 10.0. The van der Waals surface area contributed by atoms with E-state index in [0.29, 0.717) is 16.9 Å². The summed E-state index contributed by atoms with van der Waals surface area (Å²) in [5, 5.41) is 9.05. The van der Waals surface area contributed by atoms with Crippen LogP contribution in [0.1, 0.15) is 31.9 Å². The van der Waals surface area contributed by atoms with E-state index < -0.39 is 15.8 Å². The zero-order valence-corrected chi connectivity index (χ0v) is 12.4. The van der Waals surface area contributed by atoms with Crippen LogP contribution < -0.4 is 0 Å². The zero-order valence-electron chi connectivity index (χ0n) is 11.6. The molecule has 6 heteroatoms. The Morgan fingerprint density at radius 3 is 2.65 bits per heavy atom. The van der Waals surface area contributed by atoms with E-state index in [-0.39, 0.29) is 24.4 Å². The fourth-order valence-electron chi connectivity index (χ4n) is 2.72. The van der Waals surface area contributed by atoms with E-state index in [2.05, 4.69) is 0 Å². The Labute approximate surface area is 119 Å². The van der Waals surface area contributed by atoms with Crippen molar-refractivity contribution in [2.24, 2.45) is 0 Å². The predicted molar refractivity (Wildman–Crippen MR) is 75.3 cm³/mol. The minimum Gasteiger partial charge on any atom is -0.480 e. The summed E-state index contributed by atoms with van der Waals surface area (Å²) in [5.74, 6) is -0.832. The Morgan fingerprint density at radius 1 is 1.40 bits per heavy atom. The number of nitrogens with zero attached hydrogens (tertiary/aromatic N) is 1. The summed E-state index contributed by atoms with van der Waals surface area (Å²) in [6.07, 6.45) is 0.435. The van der Waals surface area contributed by atoms with E-state index in [1.165, 1.54) is 0 Å². The molecular weight excluding hydrogens is 278 g/mol. The Bertz CT molecular complexity index is 609. The van der Waals surface area contributed by atoms with Gasteiger partial charge in [0.15, 0.2) is 9.84 Å². The van der Waals surface area contributed by atoms with Gasteiger partial charge in [-0.25, -0.2) is 8.42 Å². The van der Waals surface area contributed by atoms with Crippen LogP contribution >= 0.6 is 0 Å². The van der Waals surface area contributed by atoms with Gasteiger partial charge in [-0.15, -0.1) is 0 Å². The van der Waals surface area contributed by atoms with Gasteiger partial charge in [-0.1, -0.05) is 18.2 Å². The third-order valence-corrected chi connectivity index (χ3v) is 5.47. The van der Waals surface area contributed by atoms with Crippen molar-refractivity contribution in [2.45, 2.75) is 37.2 Å². The van der Waals surface area contributed by atoms with Crippen LogP contribution in [0.5, 0.6) is 0 Å². The number of sulfone groups is 1. The first-order chi connectivity index (χ1) is 9.33. The van der Waals surface area contributed by atoms with Crippen molar-refractivity contribution in [3.05, 3.63) is 29.8 Å². The normalized spacial score (nSPS) is 20.9. The van der Waals surface area contributed by atoms with Crippen LogP contribution in [0.25, 0.3) is 0 Å². The van der Waals surface area contributed by atoms with E-state index in [4.69, 9.17) is 5.11 Å². The van der Waals surface area contributed by atoms with Crippen molar-refractivity contribution >= 4 is 15.8 Å². The number of carboxylic acid groups (broad SMARTS) is 1. The molecule has 1 atom stereocenters. The average molecular weight is 297 g/mol. The highest BCUT2D eigenvalue weighted by Crippen LogP contribution is 2.36. The number of benzene rings is 1. The average Bonchev–Trinajstić information content (AvgIpc) is 2.36. The van der Waals surface area contributed by atoms with Crippen LogP contribution in [-0.4, -0.2) is 42.7 Å². The summed E-state index contributed by atoms with van der Waals surface area (Å²) in [6.45, 7) is 3.76. The summed E-state index contributed by atoms with van der Waals surface area (Å²) in [7, 11) is -3.24. The molecule has 2 rings (SSSR count). The second kappa shape index (κ2) is 5.54. The molecule has 20 heavy (non-hydrogen) atoms. The number of carbonyl (C=O) groups is 1. The standard InChI is InChI=1S/C14H19NO4S/c1-10(2)15(9-14(16)17)12-7-8-20(18,19)13-6-4-3-5-11(12)13/h3-6,10,12H,7-9H2,1-2H3,(H,16,17). The lowest BCUT2D eigenvalue weighted by Gasteiger charge is -2.37. The molecule has 0 saturated heterocycles. The van der Waals surface area contributed by atoms with Gasteiger partial charge in [-0.05, 0) is 31.9 Å². The first-order valence-electron chi connectivity index (χ1n) is 6.62. The number of hydrogen-bond acceptors (Lipinski definition) is 4. The van der Waals surface area contributed by atoms with Crippen LogP contribution in [0.4, 0.5) is 0 Å². The molecule has 0 aromatic heterocycles. The number of hydrogen-bond donors (Lipinski definition) is 1. The molecule has 1 aromatic rings. The summed E-state index contributed by atoms with van der Waals surface area (Å²) in [4.78, 5) is 13.2. The fourth-order valence-corrected chi connectivity index (χ4v) is 4.33. The molecule has 0 radical (unpaired) electrons. The topological polar surface area (TPSA) is 74.7 Å². The van der Waals surface area contributed by atoms with Gasteiger partial charge in [0.1, 0.15) is 0 Å². The molecule has 1 N–H and O–H groups in total. The van der Waals surface area contributed by atoms with E-state index in [9.17, 15) is 13.2 Å². The maximum Gasteiger partial charge on any atom is 0.317 e. The van der Waals surface area contributed by atoms with E-state index in [1.807, 2.05) is 18.7 Å². The highest BCUT2D eigenvalue weighted by Gasteiger charge is 2.34. The maximum absolute atomic E-state index is 12.1. The highest BCUT2D eigenvalue weighted by molar-refractivity contribution is 7.91. The van der Waals surface area contributed by atoms with Crippen LogP contribution in [0.15, 0.2) is 29.2 Å². The van der Waals surface area contributed by atoms with Crippen molar-refractivity contribution in [3.8, 4) is 0 Å². The molecule has 1 unspecified atom stereocenters. The smallest absolute Gasteiger partial charge is 0.317 e. The largest absolute Gasteiger partial charge is 0.480 e. The van der Waals surface area contributed by atoms with Crippen molar-refractivity contribution in [3.63, 3.8) is 0 Å². The third-order valence-electron chi connectivity index (χ3n) is 3.65. The minimum absolute atomic E-state index is 0.0324. The molecule has 1 aromatic carbocycles. The van der Waals surface area contributed by atoms with Gasteiger partial charge >= 0.3 is 5.97 Å². The minimum atomic E-state index is -3.24. The zero-order chi connectivity index (χ0) is 14.9. The van der Waals surface area contributed by atoms with Gasteiger partial charge in [-0.3, -0.25) is 9.69 Å². The predicted octanol–water partition coefficient (Wildman–Crippen LogP) is 1.70. The van der Waals surface area contributed by atoms with Crippen molar-refractivity contribution in [1.29, 1.82) is 0 Å². The van der Waals surface area contributed by atoms with Crippen LogP contribution in [0.2, 0.25) is 0 Å². The Balaban J connectivity index is 2.45. The molecule has 0 aliphatic carbocycles. The molecule has 1 aliphatic rings. The van der Waals surface area contributed by atoms with E-state index >= 15 is 0 Å². The molecule has 1 heterocycles. The molecular formula is C14H19NO4S. The molecule has 0 fully saturated rings. The van der Waals surface area contributed by atoms with Gasteiger partial charge in [-0.2, -0.15) is 0 Å². The van der Waals surface area contributed by atoms with Crippen LogP contribution in [0, 0.1) is 0 Å². The second-order valence-electron chi connectivity index (χ2n) is 5.32. The maximum atomic E-state index is 12.1. The summed E-state index contributed by atoms with van der Waals surface area (Å²) < 4.78 is 24.2. The highest BCUT2D eigenvalue weighted by atomic mass is 32.2. The lowest BCUT2D eigenvalue weighted by Crippen LogP contribution is -2.41. The Kier molecular flexibility index (Phi) is 4.15. The first kappa shape index (κ1) is 15.0. The quantitative estimate of drug-likeness (QED) is 0.915. The molecule has 0 amide bonds. The van der Waals surface area contributed by atoms with Crippen molar-refractivity contribution < 1.29 is 18.3 Å². The monoisotopic (exact) mass is 297 g/mol. The summed E-state index contributed by atoms with van der Waals surface area (Å²) >= 11 is 0. The molecule has 5 nitrogen and oxygen atoms in total. The molecule has 0 bridgehead atoms. The van der Waals surface area contributed by atoms with Gasteiger partial charge in [0.05, 0.1) is 17.2 Å². The van der Waals surface area contributed by atoms with Crippen molar-refractivity contribution in [1.82, 2.24) is 4.90 Å². The van der Waals surface area contributed by atoms with E-state index in [1.54, 1.807) is 24.3 Å². The number of rotatable bonds is 4. The van der Waals surface area contributed by atoms with Gasteiger partial charge in [0.25, 0.3) is 0 Å². The number of fused-ring (bicyclic) bond motifs is 1. The van der Waals surface area contributed by atoms with Crippen LogP contribution in [-0.2, 0) is 14.6 Å². The third kappa shape index (κ3) is 2.86. The first-order valence-corrected chi connectivity index (χ1v) is 8.27. The summed E-state index contributed by atoms with van der Waals surface area (Å²) in [6, 6.07) is 6.77. The summed E-state index contributed by atoms with van der Waals surface area (Å²) in [5.41, 5.74) is 0.716. The Morgan fingerprint density at radius 2 is 2.05 bits per heavy atom. The molecule has 0 spiro atoms. The Hall–Kier alpha value is -1.40. The number of aliphatic carboxylic acids is 1. The second-order valence-corrected chi connectivity index (χ2v) is 7.40. The van der Waals surface area contributed by atoms with Gasteiger partial charge in [0, 0.05) is 12.1 Å². The molecule has 110 valence electrons. The molecule has 1 aliphatic heterocycles. The fraction of sp³-hybridized carbons (Fsp3) is 0.500. The number of carboxylic acids is 1. The van der Waals surface area contributed by atoms with Crippen molar-refractivity contribution in [2.75, 3.05) is 12.3 Å². The molecule has 0 saturated carbocycles. The van der Waals surface area contributed by atoms with Gasteiger partial charge in [0.2, 0.25) is 0 Å². The van der Waals surface area contributed by atoms with Crippen LogP contribution in [0.3, 0.4) is 0 Å².